The zero-order valence-corrected chi connectivity index (χ0v) is 13.1. The molecule has 2 rings (SSSR count). The summed E-state index contributed by atoms with van der Waals surface area (Å²) in [7, 11) is -3.51. The van der Waals surface area contributed by atoms with Crippen molar-refractivity contribution >= 4 is 37.3 Å². The first-order chi connectivity index (χ1) is 9.03. The lowest BCUT2D eigenvalue weighted by Gasteiger charge is -2.06. The third-order valence-corrected chi connectivity index (χ3v) is 6.54. The summed E-state index contributed by atoms with van der Waals surface area (Å²) in [6.45, 7) is 0.136. The molecule has 0 spiro atoms. The van der Waals surface area contributed by atoms with Crippen LogP contribution in [0.15, 0.2) is 44.4 Å². The number of hydrogen-bond donors (Lipinski definition) is 2. The molecule has 0 bridgehead atoms. The van der Waals surface area contributed by atoms with E-state index < -0.39 is 10.0 Å². The summed E-state index contributed by atoms with van der Waals surface area (Å²) < 4.78 is 27.5. The highest BCUT2D eigenvalue weighted by atomic mass is 79.9. The number of sulfonamides is 1. The molecule has 0 aliphatic heterocycles. The number of thiophene rings is 1. The van der Waals surface area contributed by atoms with Crippen LogP contribution in [0.4, 0.5) is 0 Å². The quantitative estimate of drug-likeness (QED) is 0.859. The molecule has 1 aromatic heterocycles. The van der Waals surface area contributed by atoms with Gasteiger partial charge in [-0.25, -0.2) is 13.1 Å². The Labute approximate surface area is 124 Å². The summed E-state index contributed by atoms with van der Waals surface area (Å²) >= 11 is 4.37. The molecule has 0 radical (unpaired) electrons. The van der Waals surface area contributed by atoms with E-state index in [1.807, 2.05) is 6.07 Å². The van der Waals surface area contributed by atoms with Gasteiger partial charge in [-0.1, -0.05) is 24.3 Å². The lowest BCUT2D eigenvalue weighted by atomic mass is 10.1. The normalized spacial score (nSPS) is 11.7. The molecule has 0 saturated carbocycles. The van der Waals surface area contributed by atoms with Crippen LogP contribution < -0.4 is 4.72 Å². The summed E-state index contributed by atoms with van der Waals surface area (Å²) in [5.41, 5.74) is 1.57. The molecule has 0 amide bonds. The molecule has 1 heterocycles. The first-order valence-corrected chi connectivity index (χ1v) is 8.60. The molecule has 0 saturated heterocycles. The largest absolute Gasteiger partial charge is 0.392 e. The van der Waals surface area contributed by atoms with Gasteiger partial charge < -0.3 is 5.11 Å². The van der Waals surface area contributed by atoms with Crippen LogP contribution in [0.2, 0.25) is 0 Å². The van der Waals surface area contributed by atoms with E-state index in [1.165, 1.54) is 0 Å². The second-order valence-electron chi connectivity index (χ2n) is 3.86. The standard InChI is InChI=1S/C12H12BrNO3S2/c13-11-4-5-18-12(11)19(16,17)14-7-9-2-1-3-10(6-9)8-15/h1-6,14-15H,7-8H2. The molecule has 2 aromatic rings. The zero-order valence-electron chi connectivity index (χ0n) is 9.84. The van der Waals surface area contributed by atoms with Crippen molar-refractivity contribution in [1.29, 1.82) is 0 Å². The van der Waals surface area contributed by atoms with Crippen molar-refractivity contribution in [3.8, 4) is 0 Å². The third-order valence-electron chi connectivity index (χ3n) is 2.47. The summed E-state index contributed by atoms with van der Waals surface area (Å²) in [4.78, 5) is 0. The van der Waals surface area contributed by atoms with E-state index in [-0.39, 0.29) is 17.4 Å². The predicted octanol–water partition coefficient (Wildman–Crippen LogP) is 2.48. The van der Waals surface area contributed by atoms with Gasteiger partial charge in [-0.05, 0) is 38.5 Å². The van der Waals surface area contributed by atoms with Crippen LogP contribution in [-0.4, -0.2) is 13.5 Å². The lowest BCUT2D eigenvalue weighted by Crippen LogP contribution is -2.22. The van der Waals surface area contributed by atoms with Crippen LogP contribution in [0, 0.1) is 0 Å². The maximum atomic E-state index is 12.1. The summed E-state index contributed by atoms with van der Waals surface area (Å²) in [5, 5.41) is 10.7. The van der Waals surface area contributed by atoms with E-state index in [0.29, 0.717) is 4.47 Å². The van der Waals surface area contributed by atoms with E-state index in [4.69, 9.17) is 5.11 Å². The van der Waals surface area contributed by atoms with Gasteiger partial charge in [0.1, 0.15) is 4.21 Å². The smallest absolute Gasteiger partial charge is 0.251 e. The SMILES string of the molecule is O=S(=O)(NCc1cccc(CO)c1)c1sccc1Br. The van der Waals surface area contributed by atoms with Crippen molar-refractivity contribution in [2.24, 2.45) is 0 Å². The van der Waals surface area contributed by atoms with E-state index in [1.54, 1.807) is 29.6 Å². The van der Waals surface area contributed by atoms with Crippen molar-refractivity contribution in [2.75, 3.05) is 0 Å². The van der Waals surface area contributed by atoms with Crippen LogP contribution in [0.5, 0.6) is 0 Å². The monoisotopic (exact) mass is 361 g/mol. The molecular weight excluding hydrogens is 350 g/mol. The number of halogens is 1. The van der Waals surface area contributed by atoms with Crippen LogP contribution in [-0.2, 0) is 23.2 Å². The Kier molecular flexibility index (Phi) is 4.75. The molecular formula is C12H12BrNO3S2. The van der Waals surface area contributed by atoms with Gasteiger partial charge >= 0.3 is 0 Å². The average molecular weight is 362 g/mol. The van der Waals surface area contributed by atoms with Crippen LogP contribution >= 0.6 is 27.3 Å². The molecule has 19 heavy (non-hydrogen) atoms. The van der Waals surface area contributed by atoms with Crippen LogP contribution in [0.25, 0.3) is 0 Å². The number of benzene rings is 1. The minimum atomic E-state index is -3.51. The van der Waals surface area contributed by atoms with Gasteiger partial charge in [0.25, 0.3) is 10.0 Å². The van der Waals surface area contributed by atoms with Crippen molar-refractivity contribution in [1.82, 2.24) is 4.72 Å². The molecule has 0 atom stereocenters. The Hall–Kier alpha value is -0.730. The van der Waals surface area contributed by atoms with E-state index >= 15 is 0 Å². The Morgan fingerprint density at radius 1 is 1.26 bits per heavy atom. The third kappa shape index (κ3) is 3.64. The minimum Gasteiger partial charge on any atom is -0.392 e. The highest BCUT2D eigenvalue weighted by molar-refractivity contribution is 9.10. The Balaban J connectivity index is 2.12. The highest BCUT2D eigenvalue weighted by Crippen LogP contribution is 2.27. The number of rotatable bonds is 5. The van der Waals surface area contributed by atoms with Gasteiger partial charge in [-0.3, -0.25) is 0 Å². The van der Waals surface area contributed by atoms with Crippen LogP contribution in [0.3, 0.4) is 0 Å². The second-order valence-corrected chi connectivity index (χ2v) is 7.59. The summed E-state index contributed by atoms with van der Waals surface area (Å²) in [5.74, 6) is 0. The number of nitrogens with one attached hydrogen (secondary N) is 1. The van der Waals surface area contributed by atoms with Gasteiger partial charge in [0.05, 0.1) is 6.61 Å². The first-order valence-electron chi connectivity index (χ1n) is 5.44. The van der Waals surface area contributed by atoms with Gasteiger partial charge in [-0.15, -0.1) is 11.3 Å². The summed E-state index contributed by atoms with van der Waals surface area (Å²) in [6.07, 6.45) is 0. The van der Waals surface area contributed by atoms with Gasteiger partial charge in [0.15, 0.2) is 0 Å². The maximum absolute atomic E-state index is 12.1. The second kappa shape index (κ2) is 6.15. The summed E-state index contributed by atoms with van der Waals surface area (Å²) in [6, 6.07) is 8.85. The topological polar surface area (TPSA) is 66.4 Å². The van der Waals surface area contributed by atoms with Crippen molar-refractivity contribution in [3.05, 3.63) is 51.3 Å². The molecule has 0 fully saturated rings. The molecule has 0 aliphatic carbocycles. The Morgan fingerprint density at radius 3 is 2.63 bits per heavy atom. The Bertz CT molecular complexity index is 667. The fraction of sp³-hybridized carbons (Fsp3) is 0.167. The molecule has 0 unspecified atom stereocenters. The molecule has 1 aromatic carbocycles. The molecule has 7 heteroatoms. The highest BCUT2D eigenvalue weighted by Gasteiger charge is 2.18. The number of aliphatic hydroxyl groups excluding tert-OH is 1. The van der Waals surface area contributed by atoms with Crippen LogP contribution in [0.1, 0.15) is 11.1 Å². The van der Waals surface area contributed by atoms with Crippen molar-refractivity contribution < 1.29 is 13.5 Å². The molecule has 4 nitrogen and oxygen atoms in total. The number of hydrogen-bond acceptors (Lipinski definition) is 4. The molecule has 102 valence electrons. The number of aliphatic hydroxyl groups is 1. The van der Waals surface area contributed by atoms with E-state index in [0.717, 1.165) is 22.5 Å². The fourth-order valence-electron chi connectivity index (χ4n) is 1.55. The van der Waals surface area contributed by atoms with Gasteiger partial charge in [0, 0.05) is 11.0 Å². The van der Waals surface area contributed by atoms with Gasteiger partial charge in [0.2, 0.25) is 0 Å². The minimum absolute atomic E-state index is 0.0585. The lowest BCUT2D eigenvalue weighted by molar-refractivity contribution is 0.281. The zero-order chi connectivity index (χ0) is 13.9. The molecule has 2 N–H and O–H groups in total. The van der Waals surface area contributed by atoms with Crippen molar-refractivity contribution in [3.63, 3.8) is 0 Å². The Morgan fingerprint density at radius 2 is 2.00 bits per heavy atom. The molecule has 0 aliphatic rings. The van der Waals surface area contributed by atoms with Gasteiger partial charge in [-0.2, -0.15) is 0 Å². The van der Waals surface area contributed by atoms with Crippen molar-refractivity contribution in [2.45, 2.75) is 17.4 Å². The maximum Gasteiger partial charge on any atom is 0.251 e. The fourth-order valence-corrected chi connectivity index (χ4v) is 4.95. The predicted molar refractivity (Wildman–Crippen MR) is 78.4 cm³/mol. The average Bonchev–Trinajstić information content (AvgIpc) is 2.84. The van der Waals surface area contributed by atoms with E-state index in [2.05, 4.69) is 20.7 Å². The van der Waals surface area contributed by atoms with E-state index in [9.17, 15) is 8.42 Å². The first kappa shape index (κ1) is 14.7.